The zero-order valence-corrected chi connectivity index (χ0v) is 22.6. The first kappa shape index (κ1) is 30.3. The van der Waals surface area contributed by atoms with Crippen LogP contribution in [0.4, 0.5) is 0 Å². The fraction of sp³-hybridized carbons (Fsp3) is 0.241. The highest BCUT2D eigenvalue weighted by molar-refractivity contribution is 5.94. The van der Waals surface area contributed by atoms with E-state index in [1.807, 2.05) is 60.7 Å². The molecule has 0 aliphatic carbocycles. The molecule has 3 amide bonds. The lowest BCUT2D eigenvalue weighted by molar-refractivity contribution is -0.485. The Balaban J connectivity index is 1.97. The first-order chi connectivity index (χ1) is 19.7. The molecule has 0 aromatic heterocycles. The number of hydrogen-bond donors (Lipinski definition) is 4. The van der Waals surface area contributed by atoms with E-state index in [1.165, 1.54) is 11.9 Å². The second-order valence-electron chi connectivity index (χ2n) is 9.21. The molecule has 6 N–H and O–H groups in total. The zero-order chi connectivity index (χ0) is 29.8. The van der Waals surface area contributed by atoms with E-state index >= 15 is 0 Å². The fourth-order valence-electron chi connectivity index (χ4n) is 4.47. The smallest absolute Gasteiger partial charge is 0.266 e. The molecule has 0 radical (unpaired) electrons. The molecule has 41 heavy (non-hydrogen) atoms. The van der Waals surface area contributed by atoms with Crippen LogP contribution in [-0.2, 0) is 16.1 Å². The molecule has 3 aromatic rings. The van der Waals surface area contributed by atoms with Gasteiger partial charge >= 0.3 is 0 Å². The maximum atomic E-state index is 14.4. The van der Waals surface area contributed by atoms with Gasteiger partial charge in [-0.1, -0.05) is 72.8 Å². The van der Waals surface area contributed by atoms with Crippen molar-refractivity contribution in [3.63, 3.8) is 0 Å². The Morgan fingerprint density at radius 2 is 1.49 bits per heavy atom. The summed E-state index contributed by atoms with van der Waals surface area (Å²) in [4.78, 5) is 51.2. The minimum atomic E-state index is -1.01. The van der Waals surface area contributed by atoms with Crippen LogP contribution in [0.3, 0.4) is 0 Å². The number of carbonyl (C=O) groups is 3. The maximum absolute atomic E-state index is 14.4. The Kier molecular flexibility index (Phi) is 10.9. The van der Waals surface area contributed by atoms with Gasteiger partial charge in [0.05, 0.1) is 5.92 Å². The average molecular weight is 560 g/mol. The van der Waals surface area contributed by atoms with Crippen LogP contribution in [0.15, 0.2) is 90.0 Å². The van der Waals surface area contributed by atoms with Crippen molar-refractivity contribution in [2.24, 2.45) is 16.6 Å². The molecule has 0 spiro atoms. The zero-order valence-electron chi connectivity index (χ0n) is 22.6. The first-order valence-corrected chi connectivity index (χ1v) is 12.9. The molecule has 0 unspecified atom stereocenters. The van der Waals surface area contributed by atoms with Gasteiger partial charge in [0.1, 0.15) is 11.1 Å². The average Bonchev–Trinajstić information content (AvgIpc) is 2.97. The highest BCUT2D eigenvalue weighted by Gasteiger charge is 2.34. The van der Waals surface area contributed by atoms with Crippen LogP contribution in [0, 0.1) is 10.1 Å². The van der Waals surface area contributed by atoms with Crippen molar-refractivity contribution in [3.05, 3.63) is 117 Å². The van der Waals surface area contributed by atoms with Gasteiger partial charge in [-0.3, -0.25) is 14.4 Å². The van der Waals surface area contributed by atoms with Gasteiger partial charge in [-0.05, 0) is 41.7 Å². The molecular weight excluding hydrogens is 526 g/mol. The minimum absolute atomic E-state index is 0.0506. The van der Waals surface area contributed by atoms with Crippen molar-refractivity contribution >= 4 is 23.7 Å². The third-order valence-electron chi connectivity index (χ3n) is 6.45. The van der Waals surface area contributed by atoms with E-state index in [1.54, 1.807) is 24.3 Å². The van der Waals surface area contributed by atoms with Crippen LogP contribution < -0.4 is 22.1 Å². The second-order valence-corrected chi connectivity index (χ2v) is 9.21. The number of hydrazone groups is 1. The fourth-order valence-corrected chi connectivity index (χ4v) is 4.47. The number of amides is 3. The number of primary amides is 1. The number of carbonyl (C=O) groups excluding carboxylic acids is 3. The number of nitrogens with one attached hydrogen (secondary N) is 2. The number of nitro groups is 1. The van der Waals surface area contributed by atoms with Crippen LogP contribution in [-0.4, -0.2) is 53.2 Å². The van der Waals surface area contributed by atoms with Crippen LogP contribution >= 0.6 is 0 Å². The van der Waals surface area contributed by atoms with Crippen molar-refractivity contribution in [2.45, 2.75) is 31.3 Å². The number of rotatable bonds is 13. The highest BCUT2D eigenvalue weighted by Crippen LogP contribution is 2.29. The van der Waals surface area contributed by atoms with Gasteiger partial charge in [-0.15, -0.1) is 0 Å². The van der Waals surface area contributed by atoms with Crippen molar-refractivity contribution in [1.29, 1.82) is 0 Å². The molecule has 3 aromatic carbocycles. The van der Waals surface area contributed by atoms with Gasteiger partial charge in [0, 0.05) is 25.7 Å². The molecule has 0 saturated heterocycles. The lowest BCUT2D eigenvalue weighted by atomic mass is 9.89. The summed E-state index contributed by atoms with van der Waals surface area (Å²) in [5, 5.41) is 17.8. The number of nitrogens with zero attached hydrogens (tertiary/aromatic N) is 3. The molecule has 3 rings (SSSR count). The Bertz CT molecular complexity index is 1330. The summed E-state index contributed by atoms with van der Waals surface area (Å²) >= 11 is 0. The SMILES string of the molecule is CNC(=O)c1ccc(CN(C(=O)C(c2ccccc2)c2ccccc2)[C@H](CCCNC(N)=N[N+](=O)[O-])C(N)=O)cc1. The first-order valence-electron chi connectivity index (χ1n) is 12.9. The summed E-state index contributed by atoms with van der Waals surface area (Å²) in [5.74, 6) is -2.37. The van der Waals surface area contributed by atoms with E-state index in [0.29, 0.717) is 17.5 Å². The third-order valence-corrected chi connectivity index (χ3v) is 6.45. The van der Waals surface area contributed by atoms with Crippen LogP contribution in [0.2, 0.25) is 0 Å². The van der Waals surface area contributed by atoms with Gasteiger partial charge < -0.3 is 27.0 Å². The van der Waals surface area contributed by atoms with E-state index in [0.717, 1.165) is 11.1 Å². The van der Waals surface area contributed by atoms with Gasteiger partial charge in [0.25, 0.3) is 11.9 Å². The second kappa shape index (κ2) is 14.8. The third kappa shape index (κ3) is 8.62. The lowest BCUT2D eigenvalue weighted by Gasteiger charge is -2.33. The van der Waals surface area contributed by atoms with Gasteiger partial charge in [-0.2, -0.15) is 0 Å². The highest BCUT2D eigenvalue weighted by atomic mass is 16.7. The Morgan fingerprint density at radius 1 is 0.927 bits per heavy atom. The molecule has 0 aliphatic rings. The largest absolute Gasteiger partial charge is 0.368 e. The Morgan fingerprint density at radius 3 is 1.98 bits per heavy atom. The summed E-state index contributed by atoms with van der Waals surface area (Å²) in [5.41, 5.74) is 14.0. The number of nitrogens with two attached hydrogens (primary N) is 2. The van der Waals surface area contributed by atoms with Gasteiger partial charge in [0.2, 0.25) is 11.8 Å². The van der Waals surface area contributed by atoms with Crippen LogP contribution in [0.1, 0.15) is 45.8 Å². The minimum Gasteiger partial charge on any atom is -0.368 e. The van der Waals surface area contributed by atoms with Crippen LogP contribution in [0.5, 0.6) is 0 Å². The molecule has 12 nitrogen and oxygen atoms in total. The van der Waals surface area contributed by atoms with Crippen molar-refractivity contribution < 1.29 is 19.4 Å². The molecule has 0 fully saturated rings. The molecule has 214 valence electrons. The molecule has 0 heterocycles. The summed E-state index contributed by atoms with van der Waals surface area (Å²) < 4.78 is 0. The summed E-state index contributed by atoms with van der Waals surface area (Å²) in [6.07, 6.45) is 0.467. The summed E-state index contributed by atoms with van der Waals surface area (Å²) in [6, 6.07) is 24.2. The predicted octanol–water partition coefficient (Wildman–Crippen LogP) is 1.94. The standard InChI is InChI=1S/C29H33N7O5/c1-32-27(38)23-16-14-20(15-17-23)19-35(24(26(30)37)13-8-18-33-29(31)34-36(40)41)28(39)25(21-9-4-2-5-10-21)22-11-6-3-7-12-22/h2-7,9-12,14-17,24-25H,8,13,18-19H2,1H3,(H2,30,37)(H,32,38)(H3,31,33,34)/t24-/m1/s1. The predicted molar refractivity (Wildman–Crippen MR) is 154 cm³/mol. The van der Waals surface area contributed by atoms with Crippen molar-refractivity contribution in [3.8, 4) is 0 Å². The molecule has 0 bridgehead atoms. The Labute approximate surface area is 237 Å². The topological polar surface area (TPSA) is 186 Å². The van der Waals surface area contributed by atoms with E-state index in [9.17, 15) is 24.5 Å². The van der Waals surface area contributed by atoms with Crippen molar-refractivity contribution in [2.75, 3.05) is 13.6 Å². The van der Waals surface area contributed by atoms with E-state index in [2.05, 4.69) is 15.7 Å². The quantitative estimate of drug-likeness (QED) is 0.0810. The number of guanidine groups is 1. The van der Waals surface area contributed by atoms with E-state index in [4.69, 9.17) is 11.5 Å². The van der Waals surface area contributed by atoms with E-state index in [-0.39, 0.29) is 37.3 Å². The normalized spacial score (nSPS) is 11.9. The molecular formula is C29H33N7O5. The number of benzene rings is 3. The Hall–Kier alpha value is -5.26. The summed E-state index contributed by atoms with van der Waals surface area (Å²) in [7, 11) is 1.53. The monoisotopic (exact) mass is 559 g/mol. The van der Waals surface area contributed by atoms with Gasteiger partial charge in [0.15, 0.2) is 5.03 Å². The lowest BCUT2D eigenvalue weighted by Crippen LogP contribution is -2.49. The van der Waals surface area contributed by atoms with Crippen molar-refractivity contribution in [1.82, 2.24) is 15.5 Å². The summed E-state index contributed by atoms with van der Waals surface area (Å²) in [6.45, 7) is 0.214. The molecule has 0 saturated carbocycles. The number of hydrogen-bond acceptors (Lipinski definition) is 5. The van der Waals surface area contributed by atoms with Crippen LogP contribution in [0.25, 0.3) is 0 Å². The molecule has 1 atom stereocenters. The molecule has 0 aliphatic heterocycles. The maximum Gasteiger partial charge on any atom is 0.266 e. The van der Waals surface area contributed by atoms with E-state index < -0.39 is 22.9 Å². The van der Waals surface area contributed by atoms with Gasteiger partial charge in [-0.25, -0.2) is 10.1 Å². The molecule has 12 heteroatoms.